The fourth-order valence-electron chi connectivity index (χ4n) is 7.20. The molecule has 0 spiro atoms. The van der Waals surface area contributed by atoms with Crippen LogP contribution in [0, 0.1) is 41.0 Å². The normalized spacial score (nSPS) is 23.0. The first-order valence-corrected chi connectivity index (χ1v) is 15.5. The number of unbranched alkanes of at least 4 members (excludes halogenated alkanes) is 2. The molecule has 4 heteroatoms. The summed E-state index contributed by atoms with van der Waals surface area (Å²) in [5.74, 6) is -0.870. The molecule has 5 rings (SSSR count). The van der Waals surface area contributed by atoms with Crippen molar-refractivity contribution in [3.8, 4) is 22.3 Å². The molecule has 3 aromatic rings. The zero-order chi connectivity index (χ0) is 28.9. The SMILES string of the molecule is C=CCCCCc1ccc(-c2ccc(-c3ccc(C4CCC(C5CCC(C)CC5)CC4)c(F)c3F)cc2)c(F)c1F. The Bertz CT molecular complexity index is 1330. The van der Waals surface area contributed by atoms with Crippen molar-refractivity contribution < 1.29 is 17.6 Å². The van der Waals surface area contributed by atoms with E-state index in [2.05, 4.69) is 13.5 Å². The van der Waals surface area contributed by atoms with Crippen molar-refractivity contribution in [3.63, 3.8) is 0 Å². The van der Waals surface area contributed by atoms with Crippen LogP contribution in [0.4, 0.5) is 17.6 Å². The van der Waals surface area contributed by atoms with Gasteiger partial charge in [0, 0.05) is 11.1 Å². The maximum atomic E-state index is 15.4. The number of rotatable bonds is 9. The molecule has 0 atom stereocenters. The van der Waals surface area contributed by atoms with Gasteiger partial charge in [0.1, 0.15) is 0 Å². The molecule has 2 aliphatic rings. The average Bonchev–Trinajstić information content (AvgIpc) is 2.99. The van der Waals surface area contributed by atoms with Crippen LogP contribution in [0.1, 0.15) is 94.6 Å². The van der Waals surface area contributed by atoms with Crippen LogP contribution >= 0.6 is 0 Å². The first-order valence-electron chi connectivity index (χ1n) is 15.5. The summed E-state index contributed by atoms with van der Waals surface area (Å²) in [6, 6.07) is 13.2. The lowest BCUT2D eigenvalue weighted by Crippen LogP contribution is -2.25. The van der Waals surface area contributed by atoms with Crippen molar-refractivity contribution in [2.75, 3.05) is 0 Å². The standard InChI is InChI=1S/C37H42F4/c1-3-4-5-6-7-30-20-21-31(35(39)34(30)38)28-16-18-29(19-17-28)33-23-22-32(36(40)37(33)41)27-14-12-26(13-15-27)25-10-8-24(2)9-11-25/h3,16-27H,1,4-15H2,2H3. The average molecular weight is 563 g/mol. The second-order valence-electron chi connectivity index (χ2n) is 12.5. The van der Waals surface area contributed by atoms with E-state index < -0.39 is 23.3 Å². The number of hydrogen-bond acceptors (Lipinski definition) is 0. The first kappa shape index (κ1) is 29.6. The summed E-state index contributed by atoms with van der Waals surface area (Å²) in [5, 5.41) is 0. The Kier molecular flexibility index (Phi) is 9.68. The van der Waals surface area contributed by atoms with Gasteiger partial charge in [-0.05, 0) is 110 Å². The quantitative estimate of drug-likeness (QED) is 0.138. The highest BCUT2D eigenvalue weighted by Crippen LogP contribution is 2.45. The minimum absolute atomic E-state index is 0.0579. The Morgan fingerprint density at radius 2 is 1.17 bits per heavy atom. The number of hydrogen-bond donors (Lipinski definition) is 0. The predicted octanol–water partition coefficient (Wildman–Crippen LogP) is 11.6. The van der Waals surface area contributed by atoms with E-state index in [4.69, 9.17) is 0 Å². The molecule has 0 amide bonds. The van der Waals surface area contributed by atoms with Crippen molar-refractivity contribution in [2.24, 2.45) is 17.8 Å². The molecule has 0 N–H and O–H groups in total. The van der Waals surface area contributed by atoms with Gasteiger partial charge in [0.2, 0.25) is 0 Å². The molecule has 2 aliphatic carbocycles. The fourth-order valence-corrected chi connectivity index (χ4v) is 7.20. The van der Waals surface area contributed by atoms with Crippen LogP contribution in [0.3, 0.4) is 0 Å². The lowest BCUT2D eigenvalue weighted by Gasteiger charge is -2.37. The van der Waals surface area contributed by atoms with Gasteiger partial charge in [-0.25, -0.2) is 17.6 Å². The Morgan fingerprint density at radius 3 is 1.76 bits per heavy atom. The molecule has 0 nitrogen and oxygen atoms in total. The van der Waals surface area contributed by atoms with E-state index >= 15 is 8.78 Å². The van der Waals surface area contributed by atoms with Crippen molar-refractivity contribution in [2.45, 2.75) is 89.9 Å². The first-order chi connectivity index (χ1) is 19.9. The smallest absolute Gasteiger partial charge is 0.166 e. The predicted molar refractivity (Wildman–Crippen MR) is 161 cm³/mol. The maximum absolute atomic E-state index is 15.4. The molecule has 2 saturated carbocycles. The molecule has 0 aliphatic heterocycles. The largest absolute Gasteiger partial charge is 0.203 e. The van der Waals surface area contributed by atoms with Crippen LogP contribution in [0.25, 0.3) is 22.3 Å². The molecule has 41 heavy (non-hydrogen) atoms. The van der Waals surface area contributed by atoms with Gasteiger partial charge in [0.05, 0.1) is 0 Å². The molecule has 2 fully saturated rings. The van der Waals surface area contributed by atoms with E-state index in [1.165, 1.54) is 25.7 Å². The summed E-state index contributed by atoms with van der Waals surface area (Å²) in [6.07, 6.45) is 14.1. The van der Waals surface area contributed by atoms with E-state index in [0.29, 0.717) is 28.7 Å². The molecule has 3 aromatic carbocycles. The number of aryl methyl sites for hydroxylation is 1. The highest BCUT2D eigenvalue weighted by Gasteiger charge is 2.32. The van der Waals surface area contributed by atoms with E-state index in [9.17, 15) is 8.78 Å². The molecule has 0 radical (unpaired) electrons. The monoisotopic (exact) mass is 562 g/mol. The minimum Gasteiger partial charge on any atom is -0.203 e. The molecular weight excluding hydrogens is 520 g/mol. The summed E-state index contributed by atoms with van der Waals surface area (Å²) in [4.78, 5) is 0. The molecular formula is C37H42F4. The van der Waals surface area contributed by atoms with Gasteiger partial charge in [-0.15, -0.1) is 6.58 Å². The van der Waals surface area contributed by atoms with E-state index in [0.717, 1.165) is 62.7 Å². The summed E-state index contributed by atoms with van der Waals surface area (Å²) in [7, 11) is 0. The second kappa shape index (κ2) is 13.4. The third kappa shape index (κ3) is 6.63. The molecule has 218 valence electrons. The second-order valence-corrected chi connectivity index (χ2v) is 12.5. The number of allylic oxidation sites excluding steroid dienone is 1. The van der Waals surface area contributed by atoms with Gasteiger partial charge >= 0.3 is 0 Å². The summed E-state index contributed by atoms with van der Waals surface area (Å²) < 4.78 is 60.4. The van der Waals surface area contributed by atoms with Gasteiger partial charge in [-0.3, -0.25) is 0 Å². The van der Waals surface area contributed by atoms with E-state index in [-0.39, 0.29) is 17.0 Å². The maximum Gasteiger partial charge on any atom is 0.166 e. The van der Waals surface area contributed by atoms with Crippen LogP contribution in [0.15, 0.2) is 61.2 Å². The third-order valence-electron chi connectivity index (χ3n) is 9.82. The Labute approximate surface area is 242 Å². The van der Waals surface area contributed by atoms with Crippen molar-refractivity contribution in [1.82, 2.24) is 0 Å². The highest BCUT2D eigenvalue weighted by molar-refractivity contribution is 5.71. The van der Waals surface area contributed by atoms with Crippen molar-refractivity contribution in [1.29, 1.82) is 0 Å². The number of benzene rings is 3. The van der Waals surface area contributed by atoms with Gasteiger partial charge in [-0.2, -0.15) is 0 Å². The molecule has 0 aromatic heterocycles. The molecule has 0 saturated heterocycles. The van der Waals surface area contributed by atoms with Gasteiger partial charge < -0.3 is 0 Å². The van der Waals surface area contributed by atoms with Gasteiger partial charge in [0.15, 0.2) is 23.3 Å². The summed E-state index contributed by atoms with van der Waals surface area (Å²) >= 11 is 0. The Morgan fingerprint density at radius 1 is 0.634 bits per heavy atom. The number of halogens is 4. The van der Waals surface area contributed by atoms with Crippen LogP contribution < -0.4 is 0 Å². The lowest BCUT2D eigenvalue weighted by molar-refractivity contribution is 0.164. The summed E-state index contributed by atoms with van der Waals surface area (Å²) in [5.41, 5.74) is 2.19. The molecule has 0 unspecified atom stereocenters. The highest BCUT2D eigenvalue weighted by atomic mass is 19.2. The third-order valence-corrected chi connectivity index (χ3v) is 9.82. The van der Waals surface area contributed by atoms with Crippen molar-refractivity contribution in [3.05, 3.63) is 95.6 Å². The summed E-state index contributed by atoms with van der Waals surface area (Å²) in [6.45, 7) is 6.03. The topological polar surface area (TPSA) is 0 Å². The van der Waals surface area contributed by atoms with Crippen LogP contribution in [0.5, 0.6) is 0 Å². The van der Waals surface area contributed by atoms with Crippen LogP contribution in [0.2, 0.25) is 0 Å². The Hall–Kier alpha value is -2.88. The van der Waals surface area contributed by atoms with Crippen LogP contribution in [-0.2, 0) is 6.42 Å². The zero-order valence-electron chi connectivity index (χ0n) is 24.2. The van der Waals surface area contributed by atoms with E-state index in [1.54, 1.807) is 48.5 Å². The molecule has 0 bridgehead atoms. The minimum atomic E-state index is -0.881. The zero-order valence-corrected chi connectivity index (χ0v) is 24.2. The van der Waals surface area contributed by atoms with E-state index in [1.807, 2.05) is 6.08 Å². The van der Waals surface area contributed by atoms with Gasteiger partial charge in [-0.1, -0.05) is 74.4 Å². The molecule has 0 heterocycles. The van der Waals surface area contributed by atoms with Gasteiger partial charge in [0.25, 0.3) is 0 Å². The fraction of sp³-hybridized carbons (Fsp3) is 0.459. The van der Waals surface area contributed by atoms with Crippen LogP contribution in [-0.4, -0.2) is 0 Å². The Balaban J connectivity index is 1.26. The lowest BCUT2D eigenvalue weighted by atomic mass is 9.68. The van der Waals surface area contributed by atoms with Crippen molar-refractivity contribution >= 4 is 0 Å².